The quantitative estimate of drug-likeness (QED) is 0.439. The van der Waals surface area contributed by atoms with E-state index in [1.54, 1.807) is 0 Å². The van der Waals surface area contributed by atoms with Crippen LogP contribution in [0.3, 0.4) is 0 Å². The molecule has 238 valence electrons. The van der Waals surface area contributed by atoms with Crippen molar-refractivity contribution in [3.8, 4) is 0 Å². The molecule has 1 unspecified atom stereocenters. The summed E-state index contributed by atoms with van der Waals surface area (Å²) in [5, 5.41) is 3.08. The molecule has 3 heterocycles. The fraction of sp³-hybridized carbons (Fsp3) is 0.583. The van der Waals surface area contributed by atoms with Crippen molar-refractivity contribution in [1.82, 2.24) is 19.6 Å². The molecule has 2 aromatic rings. The first-order valence-electron chi connectivity index (χ1n) is 16.8. The minimum absolute atomic E-state index is 0.0519. The maximum absolute atomic E-state index is 14.0. The highest BCUT2D eigenvalue weighted by Gasteiger charge is 2.35. The number of carbonyl (C=O) groups is 3. The number of amides is 4. The number of urea groups is 1. The zero-order valence-electron chi connectivity index (χ0n) is 27.2. The number of piperidine rings is 2. The summed E-state index contributed by atoms with van der Waals surface area (Å²) in [5.41, 5.74) is 5.88. The maximum Gasteiger partial charge on any atom is 0.322 e. The van der Waals surface area contributed by atoms with Crippen LogP contribution in [-0.4, -0.2) is 96.3 Å². The summed E-state index contributed by atoms with van der Waals surface area (Å²) < 4.78 is 0. The minimum atomic E-state index is -0.372. The summed E-state index contributed by atoms with van der Waals surface area (Å²) in [6, 6.07) is 15.1. The van der Waals surface area contributed by atoms with E-state index in [1.807, 2.05) is 32.9 Å². The molecule has 1 N–H and O–H groups in total. The van der Waals surface area contributed by atoms with Crippen LogP contribution in [0.4, 0.5) is 10.5 Å². The summed E-state index contributed by atoms with van der Waals surface area (Å²) in [4.78, 5) is 48.9. The average Bonchev–Trinajstić information content (AvgIpc) is 3.22. The Bertz CT molecular complexity index is 1310. The Balaban J connectivity index is 1.23. The van der Waals surface area contributed by atoms with Crippen molar-refractivity contribution in [2.45, 2.75) is 83.7 Å². The van der Waals surface area contributed by atoms with E-state index in [4.69, 9.17) is 0 Å². The molecule has 0 bridgehead atoms. The molecule has 0 aromatic heterocycles. The SMILES string of the molecule is CCc1ccc(CC(CC(=O)N2CCC(N3CCc4ccccc4NC3=O)CC2)C(=O)N2CCC(N(C)C)CC2)cc1CC. The summed E-state index contributed by atoms with van der Waals surface area (Å²) in [6.07, 6.45) is 7.03. The van der Waals surface area contributed by atoms with Crippen LogP contribution in [0, 0.1) is 5.92 Å². The fourth-order valence-electron chi connectivity index (χ4n) is 7.38. The number of hydrogen-bond acceptors (Lipinski definition) is 4. The normalized spacial score (nSPS) is 19.0. The van der Waals surface area contributed by atoms with E-state index in [-0.39, 0.29) is 36.2 Å². The predicted octanol–water partition coefficient (Wildman–Crippen LogP) is 4.99. The topological polar surface area (TPSA) is 76.2 Å². The molecule has 2 saturated heterocycles. The standard InChI is InChI=1S/C36H51N5O3/c1-5-27-12-11-26(23-28(27)6-2)24-30(35(43)40-20-14-31(15-21-40)38(3)4)25-34(42)39-18-16-32(17-19-39)41-22-13-29-9-7-8-10-33(29)37-36(41)44/h7-12,23,30-32H,5-6,13-22,24-25H2,1-4H3,(H,37,44). The van der Waals surface area contributed by atoms with Crippen molar-refractivity contribution in [3.05, 3.63) is 64.7 Å². The second-order valence-electron chi connectivity index (χ2n) is 13.1. The van der Waals surface area contributed by atoms with Gasteiger partial charge < -0.3 is 24.9 Å². The zero-order chi connectivity index (χ0) is 31.2. The number of benzene rings is 2. The van der Waals surface area contributed by atoms with Crippen molar-refractivity contribution >= 4 is 23.5 Å². The van der Waals surface area contributed by atoms with Gasteiger partial charge in [0.2, 0.25) is 11.8 Å². The molecule has 5 rings (SSSR count). The first-order chi connectivity index (χ1) is 21.3. The zero-order valence-corrected chi connectivity index (χ0v) is 27.2. The van der Waals surface area contributed by atoms with Gasteiger partial charge in [-0.3, -0.25) is 9.59 Å². The molecule has 2 fully saturated rings. The van der Waals surface area contributed by atoms with Gasteiger partial charge in [-0.1, -0.05) is 50.2 Å². The van der Waals surface area contributed by atoms with Gasteiger partial charge in [0, 0.05) is 56.9 Å². The van der Waals surface area contributed by atoms with E-state index in [2.05, 4.69) is 62.4 Å². The van der Waals surface area contributed by atoms with Crippen LogP contribution in [0.1, 0.15) is 68.2 Å². The van der Waals surface area contributed by atoms with Crippen LogP contribution in [-0.2, 0) is 35.3 Å². The van der Waals surface area contributed by atoms with Crippen LogP contribution in [0.15, 0.2) is 42.5 Å². The lowest BCUT2D eigenvalue weighted by Gasteiger charge is -2.39. The third kappa shape index (κ3) is 7.45. The monoisotopic (exact) mass is 601 g/mol. The second-order valence-corrected chi connectivity index (χ2v) is 13.1. The molecule has 44 heavy (non-hydrogen) atoms. The number of rotatable bonds is 9. The van der Waals surface area contributed by atoms with E-state index in [1.165, 1.54) is 11.1 Å². The van der Waals surface area contributed by atoms with E-state index in [0.717, 1.165) is 74.8 Å². The van der Waals surface area contributed by atoms with Gasteiger partial charge in [-0.25, -0.2) is 4.79 Å². The van der Waals surface area contributed by atoms with Gasteiger partial charge in [0.25, 0.3) is 0 Å². The number of para-hydroxylation sites is 1. The van der Waals surface area contributed by atoms with E-state index >= 15 is 0 Å². The molecule has 0 radical (unpaired) electrons. The van der Waals surface area contributed by atoms with Crippen molar-refractivity contribution in [3.63, 3.8) is 0 Å². The molecule has 1 atom stereocenters. The summed E-state index contributed by atoms with van der Waals surface area (Å²) >= 11 is 0. The number of carbonyl (C=O) groups excluding carboxylic acids is 3. The third-order valence-electron chi connectivity index (χ3n) is 10.2. The Hall–Kier alpha value is -3.39. The molecule has 3 aliphatic rings. The Kier molecular flexibility index (Phi) is 10.6. The van der Waals surface area contributed by atoms with Crippen molar-refractivity contribution in [2.24, 2.45) is 5.92 Å². The van der Waals surface area contributed by atoms with Gasteiger partial charge >= 0.3 is 6.03 Å². The maximum atomic E-state index is 14.0. The Morgan fingerprint density at radius 2 is 1.57 bits per heavy atom. The van der Waals surface area contributed by atoms with Gasteiger partial charge in [0.05, 0.1) is 5.92 Å². The minimum Gasteiger partial charge on any atom is -0.343 e. The fourth-order valence-corrected chi connectivity index (χ4v) is 7.38. The smallest absolute Gasteiger partial charge is 0.322 e. The summed E-state index contributed by atoms with van der Waals surface area (Å²) in [6.45, 7) is 7.75. The lowest BCUT2D eigenvalue weighted by atomic mass is 9.90. The van der Waals surface area contributed by atoms with Crippen molar-refractivity contribution < 1.29 is 14.4 Å². The molecule has 8 nitrogen and oxygen atoms in total. The lowest BCUT2D eigenvalue weighted by Crippen LogP contribution is -2.51. The number of aryl methyl sites for hydroxylation is 2. The molecule has 8 heteroatoms. The number of hydrogen-bond donors (Lipinski definition) is 1. The predicted molar refractivity (Wildman–Crippen MR) is 176 cm³/mol. The van der Waals surface area contributed by atoms with Crippen molar-refractivity contribution in [1.29, 1.82) is 0 Å². The second kappa shape index (κ2) is 14.6. The van der Waals surface area contributed by atoms with E-state index in [0.29, 0.717) is 32.1 Å². The average molecular weight is 602 g/mol. The molecule has 4 amide bonds. The van der Waals surface area contributed by atoms with E-state index < -0.39 is 0 Å². The summed E-state index contributed by atoms with van der Waals surface area (Å²) in [7, 11) is 4.21. The Morgan fingerprint density at radius 1 is 0.886 bits per heavy atom. The Morgan fingerprint density at radius 3 is 2.25 bits per heavy atom. The van der Waals surface area contributed by atoms with Crippen LogP contribution < -0.4 is 5.32 Å². The highest BCUT2D eigenvalue weighted by molar-refractivity contribution is 5.91. The third-order valence-corrected chi connectivity index (χ3v) is 10.2. The van der Waals surface area contributed by atoms with Crippen LogP contribution in [0.2, 0.25) is 0 Å². The van der Waals surface area contributed by atoms with Gasteiger partial charge in [0.1, 0.15) is 0 Å². The van der Waals surface area contributed by atoms with E-state index in [9.17, 15) is 14.4 Å². The molecule has 2 aromatic carbocycles. The first-order valence-corrected chi connectivity index (χ1v) is 16.8. The van der Waals surface area contributed by atoms with Gasteiger partial charge in [-0.05, 0) is 93.8 Å². The summed E-state index contributed by atoms with van der Waals surface area (Å²) in [5.74, 6) is -0.203. The highest BCUT2D eigenvalue weighted by atomic mass is 16.2. The van der Waals surface area contributed by atoms with Crippen LogP contribution in [0.5, 0.6) is 0 Å². The van der Waals surface area contributed by atoms with Gasteiger partial charge in [0.15, 0.2) is 0 Å². The van der Waals surface area contributed by atoms with Crippen molar-refractivity contribution in [2.75, 3.05) is 52.1 Å². The molecular formula is C36H51N5O3. The number of likely N-dealkylation sites (tertiary alicyclic amines) is 2. The van der Waals surface area contributed by atoms with Gasteiger partial charge in [-0.15, -0.1) is 0 Å². The Labute approximate surface area is 263 Å². The number of fused-ring (bicyclic) bond motifs is 1. The molecule has 0 spiro atoms. The molecule has 0 aliphatic carbocycles. The number of anilines is 1. The first kappa shape index (κ1) is 32.0. The van der Waals surface area contributed by atoms with Gasteiger partial charge in [-0.2, -0.15) is 0 Å². The highest BCUT2D eigenvalue weighted by Crippen LogP contribution is 2.27. The lowest BCUT2D eigenvalue weighted by molar-refractivity contribution is -0.143. The molecular weight excluding hydrogens is 550 g/mol. The number of nitrogens with zero attached hydrogens (tertiary/aromatic N) is 4. The molecule has 3 aliphatic heterocycles. The van der Waals surface area contributed by atoms with Crippen LogP contribution >= 0.6 is 0 Å². The largest absolute Gasteiger partial charge is 0.343 e. The number of nitrogens with one attached hydrogen (secondary N) is 1. The molecule has 0 saturated carbocycles. The van der Waals surface area contributed by atoms with Crippen LogP contribution in [0.25, 0.3) is 0 Å².